The van der Waals surface area contributed by atoms with Crippen LogP contribution in [-0.2, 0) is 17.7 Å². The van der Waals surface area contributed by atoms with E-state index in [-0.39, 0.29) is 6.09 Å². The topological polar surface area (TPSA) is 47.4 Å². The van der Waals surface area contributed by atoms with E-state index in [9.17, 15) is 4.79 Å². The summed E-state index contributed by atoms with van der Waals surface area (Å²) in [5, 5.41) is 4.47. The van der Waals surface area contributed by atoms with Crippen molar-refractivity contribution >= 4 is 6.09 Å². The largest absolute Gasteiger partial charge is 0.444 e. The fourth-order valence-electron chi connectivity index (χ4n) is 2.44. The number of hydrogen-bond acceptors (Lipinski definition) is 3. The van der Waals surface area contributed by atoms with Crippen molar-refractivity contribution in [2.75, 3.05) is 6.54 Å². The van der Waals surface area contributed by atoms with E-state index in [1.165, 1.54) is 24.1 Å². The number of ether oxygens (including phenoxy) is 1. The van der Waals surface area contributed by atoms with Crippen molar-refractivity contribution in [3.63, 3.8) is 0 Å². The molecular formula is C14H21N3O2. The number of hydrogen-bond donors (Lipinski definition) is 0. The van der Waals surface area contributed by atoms with E-state index in [4.69, 9.17) is 4.74 Å². The second-order valence-corrected chi connectivity index (χ2v) is 6.44. The van der Waals surface area contributed by atoms with E-state index in [2.05, 4.69) is 9.78 Å². The van der Waals surface area contributed by atoms with Crippen LogP contribution in [0.25, 0.3) is 0 Å². The van der Waals surface area contributed by atoms with Crippen LogP contribution < -0.4 is 0 Å². The lowest BCUT2D eigenvalue weighted by atomic mass is 10.1. The highest BCUT2D eigenvalue weighted by atomic mass is 16.6. The van der Waals surface area contributed by atoms with Gasteiger partial charge >= 0.3 is 6.09 Å². The lowest BCUT2D eigenvalue weighted by molar-refractivity contribution is 0.0218. The molecule has 0 atom stereocenters. The highest BCUT2D eigenvalue weighted by molar-refractivity contribution is 5.68. The second-order valence-electron chi connectivity index (χ2n) is 6.44. The van der Waals surface area contributed by atoms with Gasteiger partial charge in [-0.05, 0) is 45.6 Å². The molecule has 1 aliphatic carbocycles. The number of amides is 1. The van der Waals surface area contributed by atoms with E-state index < -0.39 is 5.60 Å². The average molecular weight is 263 g/mol. The third-order valence-electron chi connectivity index (χ3n) is 3.52. The molecule has 2 aliphatic rings. The summed E-state index contributed by atoms with van der Waals surface area (Å²) in [6.45, 7) is 7.04. The number of aromatic nitrogens is 2. The van der Waals surface area contributed by atoms with E-state index in [1.807, 2.05) is 27.0 Å². The van der Waals surface area contributed by atoms with Crippen molar-refractivity contribution in [2.45, 2.75) is 58.2 Å². The molecule has 0 unspecified atom stereocenters. The Morgan fingerprint density at radius 2 is 2.16 bits per heavy atom. The van der Waals surface area contributed by atoms with E-state index >= 15 is 0 Å². The van der Waals surface area contributed by atoms with Gasteiger partial charge in [-0.2, -0.15) is 5.10 Å². The van der Waals surface area contributed by atoms with Crippen molar-refractivity contribution < 1.29 is 9.53 Å². The molecule has 0 bridgehead atoms. The van der Waals surface area contributed by atoms with E-state index in [0.29, 0.717) is 12.6 Å². The molecule has 1 aliphatic heterocycles. The lowest BCUT2D eigenvalue weighted by Crippen LogP contribution is -2.40. The zero-order chi connectivity index (χ0) is 13.6. The Balaban J connectivity index is 1.74. The van der Waals surface area contributed by atoms with Crippen LogP contribution >= 0.6 is 0 Å². The second kappa shape index (κ2) is 4.25. The summed E-state index contributed by atoms with van der Waals surface area (Å²) < 4.78 is 7.55. The maximum absolute atomic E-state index is 12.1. The quantitative estimate of drug-likeness (QED) is 0.782. The van der Waals surface area contributed by atoms with E-state index in [1.54, 1.807) is 4.90 Å². The standard InChI is InChI=1S/C14H21N3O2/c1-14(2,3)19-13(18)16-7-6-10-8-15-17(11-4-5-11)12(10)9-16/h8,11H,4-7,9H2,1-3H3. The van der Waals surface area contributed by atoms with Gasteiger partial charge < -0.3 is 9.64 Å². The van der Waals surface area contributed by atoms with Crippen molar-refractivity contribution in [2.24, 2.45) is 0 Å². The number of carbonyl (C=O) groups excluding carboxylic acids is 1. The van der Waals surface area contributed by atoms with Gasteiger partial charge in [0, 0.05) is 6.54 Å². The summed E-state index contributed by atoms with van der Waals surface area (Å²) in [7, 11) is 0. The zero-order valence-corrected chi connectivity index (χ0v) is 11.8. The molecule has 0 saturated heterocycles. The molecule has 5 nitrogen and oxygen atoms in total. The number of nitrogens with zero attached hydrogens (tertiary/aromatic N) is 3. The monoisotopic (exact) mass is 263 g/mol. The van der Waals surface area contributed by atoms with Crippen LogP contribution in [0.5, 0.6) is 0 Å². The van der Waals surface area contributed by atoms with Crippen LogP contribution in [0.15, 0.2) is 6.20 Å². The lowest BCUT2D eigenvalue weighted by Gasteiger charge is -2.30. The minimum Gasteiger partial charge on any atom is -0.444 e. The van der Waals surface area contributed by atoms with E-state index in [0.717, 1.165) is 13.0 Å². The molecule has 0 radical (unpaired) electrons. The predicted molar refractivity (Wildman–Crippen MR) is 70.8 cm³/mol. The Morgan fingerprint density at radius 1 is 1.42 bits per heavy atom. The summed E-state index contributed by atoms with van der Waals surface area (Å²) in [5.41, 5.74) is 2.04. The van der Waals surface area contributed by atoms with Gasteiger partial charge in [-0.3, -0.25) is 4.68 Å². The maximum Gasteiger partial charge on any atom is 0.410 e. The first-order valence-electron chi connectivity index (χ1n) is 6.97. The Labute approximate surface area is 113 Å². The van der Waals surface area contributed by atoms with Crippen molar-refractivity contribution in [3.8, 4) is 0 Å². The van der Waals surface area contributed by atoms with Gasteiger partial charge in [0.1, 0.15) is 5.60 Å². The minimum absolute atomic E-state index is 0.221. The zero-order valence-electron chi connectivity index (χ0n) is 11.8. The molecule has 1 saturated carbocycles. The van der Waals surface area contributed by atoms with Crippen LogP contribution in [0.2, 0.25) is 0 Å². The molecule has 0 aromatic carbocycles. The van der Waals surface area contributed by atoms with Gasteiger partial charge in [0.05, 0.1) is 24.5 Å². The molecular weight excluding hydrogens is 242 g/mol. The highest BCUT2D eigenvalue weighted by Gasteiger charge is 2.32. The van der Waals surface area contributed by atoms with Crippen LogP contribution in [0.4, 0.5) is 4.79 Å². The predicted octanol–water partition coefficient (Wildman–Crippen LogP) is 2.51. The van der Waals surface area contributed by atoms with Crippen LogP contribution in [-0.4, -0.2) is 32.9 Å². The van der Waals surface area contributed by atoms with Gasteiger partial charge in [-0.25, -0.2) is 4.79 Å². The summed E-state index contributed by atoms with van der Waals surface area (Å²) in [5.74, 6) is 0. The molecule has 1 aromatic rings. The van der Waals surface area contributed by atoms with Crippen molar-refractivity contribution in [3.05, 3.63) is 17.5 Å². The Kier molecular flexibility index (Phi) is 2.80. The molecule has 0 N–H and O–H groups in total. The van der Waals surface area contributed by atoms with Crippen molar-refractivity contribution in [1.29, 1.82) is 0 Å². The Bertz CT molecular complexity index is 497. The summed E-state index contributed by atoms with van der Waals surface area (Å²) in [6, 6.07) is 0.558. The molecule has 104 valence electrons. The summed E-state index contributed by atoms with van der Waals surface area (Å²) in [6.07, 6.45) is 5.03. The molecule has 1 amide bonds. The first kappa shape index (κ1) is 12.5. The smallest absolute Gasteiger partial charge is 0.410 e. The molecule has 5 heteroatoms. The van der Waals surface area contributed by atoms with Gasteiger partial charge in [0.2, 0.25) is 0 Å². The van der Waals surface area contributed by atoms with Crippen molar-refractivity contribution in [1.82, 2.24) is 14.7 Å². The Morgan fingerprint density at radius 3 is 2.79 bits per heavy atom. The normalized spacial score (nSPS) is 19.2. The maximum atomic E-state index is 12.1. The minimum atomic E-state index is -0.436. The average Bonchev–Trinajstić information content (AvgIpc) is 3.06. The first-order chi connectivity index (χ1) is 8.94. The highest BCUT2D eigenvalue weighted by Crippen LogP contribution is 2.37. The number of carbonyl (C=O) groups is 1. The molecule has 1 aromatic heterocycles. The molecule has 2 heterocycles. The third kappa shape index (κ3) is 2.60. The molecule has 3 rings (SSSR count). The Hall–Kier alpha value is -1.52. The molecule has 19 heavy (non-hydrogen) atoms. The summed E-state index contributed by atoms with van der Waals surface area (Å²) in [4.78, 5) is 13.9. The fraction of sp³-hybridized carbons (Fsp3) is 0.714. The van der Waals surface area contributed by atoms with Gasteiger partial charge in [-0.1, -0.05) is 0 Å². The SMILES string of the molecule is CC(C)(C)OC(=O)N1CCc2cnn(C3CC3)c2C1. The molecule has 1 fully saturated rings. The molecule has 0 spiro atoms. The first-order valence-corrected chi connectivity index (χ1v) is 6.97. The third-order valence-corrected chi connectivity index (χ3v) is 3.52. The van der Waals surface area contributed by atoms with Crippen LogP contribution in [0, 0.1) is 0 Å². The fourth-order valence-corrected chi connectivity index (χ4v) is 2.44. The van der Waals surface area contributed by atoms with Gasteiger partial charge in [0.15, 0.2) is 0 Å². The van der Waals surface area contributed by atoms with Gasteiger partial charge in [-0.15, -0.1) is 0 Å². The van der Waals surface area contributed by atoms with Crippen LogP contribution in [0.3, 0.4) is 0 Å². The number of rotatable bonds is 1. The number of fused-ring (bicyclic) bond motifs is 1. The van der Waals surface area contributed by atoms with Gasteiger partial charge in [0.25, 0.3) is 0 Å². The van der Waals surface area contributed by atoms with Crippen LogP contribution in [0.1, 0.15) is 50.9 Å². The summed E-state index contributed by atoms with van der Waals surface area (Å²) >= 11 is 0.